The number of hydrogen-bond acceptors (Lipinski definition) is 3. The maximum Gasteiger partial charge on any atom is 0.356 e. The van der Waals surface area contributed by atoms with E-state index in [2.05, 4.69) is 15.6 Å². The number of imidazole rings is 1. The molecule has 0 radical (unpaired) electrons. The number of aromatic carboxylic acids is 1. The summed E-state index contributed by atoms with van der Waals surface area (Å²) in [5, 5.41) is 14.2. The van der Waals surface area contributed by atoms with Crippen LogP contribution in [0.2, 0.25) is 0 Å². The Morgan fingerprint density at radius 2 is 2.05 bits per heavy atom. The van der Waals surface area contributed by atoms with E-state index in [0.717, 1.165) is 0 Å². The lowest BCUT2D eigenvalue weighted by atomic mass is 9.97. The number of carbonyl (C=O) groups is 2. The third-order valence-electron chi connectivity index (χ3n) is 2.29. The van der Waals surface area contributed by atoms with Gasteiger partial charge in [0.15, 0.2) is 5.69 Å². The molecule has 0 bridgehead atoms. The van der Waals surface area contributed by atoms with Crippen molar-refractivity contribution in [2.45, 2.75) is 27.3 Å². The predicted molar refractivity (Wildman–Crippen MR) is 70.0 cm³/mol. The lowest BCUT2D eigenvalue weighted by Gasteiger charge is -2.18. The highest BCUT2D eigenvalue weighted by Gasteiger charge is 2.11. The van der Waals surface area contributed by atoms with Crippen molar-refractivity contribution in [3.05, 3.63) is 18.2 Å². The van der Waals surface area contributed by atoms with Gasteiger partial charge in [0.05, 0.1) is 6.33 Å². The smallest absolute Gasteiger partial charge is 0.356 e. The molecule has 0 saturated heterocycles. The van der Waals surface area contributed by atoms with Crippen LogP contribution in [0.3, 0.4) is 0 Å². The monoisotopic (exact) mass is 268 g/mol. The van der Waals surface area contributed by atoms with Crippen LogP contribution < -0.4 is 10.6 Å². The number of rotatable bonds is 5. The van der Waals surface area contributed by atoms with Crippen LogP contribution in [0.25, 0.3) is 0 Å². The quantitative estimate of drug-likeness (QED) is 0.740. The summed E-state index contributed by atoms with van der Waals surface area (Å²) in [7, 11) is 0. The first-order valence-electron chi connectivity index (χ1n) is 6.05. The van der Waals surface area contributed by atoms with E-state index < -0.39 is 5.97 Å². The fourth-order valence-electron chi connectivity index (χ4n) is 1.30. The first-order valence-corrected chi connectivity index (χ1v) is 6.05. The van der Waals surface area contributed by atoms with Crippen molar-refractivity contribution >= 4 is 12.0 Å². The van der Waals surface area contributed by atoms with Crippen LogP contribution in [0, 0.1) is 5.41 Å². The molecule has 0 aromatic carbocycles. The third kappa shape index (κ3) is 5.89. The first-order chi connectivity index (χ1) is 8.78. The molecule has 7 nitrogen and oxygen atoms in total. The molecule has 0 aliphatic heterocycles. The van der Waals surface area contributed by atoms with Gasteiger partial charge in [0.25, 0.3) is 0 Å². The second-order valence-corrected chi connectivity index (χ2v) is 5.47. The summed E-state index contributed by atoms with van der Waals surface area (Å²) < 4.78 is 1.62. The summed E-state index contributed by atoms with van der Waals surface area (Å²) in [6, 6.07) is -0.228. The Labute approximate surface area is 112 Å². The van der Waals surface area contributed by atoms with Gasteiger partial charge in [0, 0.05) is 25.8 Å². The molecule has 1 rings (SSSR count). The number of carbonyl (C=O) groups excluding carboxylic acids is 1. The molecule has 19 heavy (non-hydrogen) atoms. The Hall–Kier alpha value is -2.05. The summed E-state index contributed by atoms with van der Waals surface area (Å²) in [5.74, 6) is -1.06. The van der Waals surface area contributed by atoms with Crippen molar-refractivity contribution in [1.29, 1.82) is 0 Å². The highest BCUT2D eigenvalue weighted by molar-refractivity contribution is 5.84. The van der Waals surface area contributed by atoms with E-state index in [0.29, 0.717) is 19.6 Å². The van der Waals surface area contributed by atoms with Gasteiger partial charge in [-0.05, 0) is 5.41 Å². The van der Waals surface area contributed by atoms with Crippen LogP contribution in [0.4, 0.5) is 4.79 Å². The van der Waals surface area contributed by atoms with Gasteiger partial charge in [0.1, 0.15) is 0 Å². The summed E-state index contributed by atoms with van der Waals surface area (Å²) in [6.07, 6.45) is 2.86. The van der Waals surface area contributed by atoms with Crippen molar-refractivity contribution in [3.63, 3.8) is 0 Å². The molecule has 1 aromatic heterocycles. The number of amides is 2. The number of carboxylic acid groups (broad SMARTS) is 1. The Bertz CT molecular complexity index is 448. The van der Waals surface area contributed by atoms with Gasteiger partial charge in [-0.1, -0.05) is 20.8 Å². The SMILES string of the molecule is CC(C)(C)CNC(=O)NCCn1cnc(C(=O)O)c1. The molecule has 7 heteroatoms. The highest BCUT2D eigenvalue weighted by atomic mass is 16.4. The average Bonchev–Trinajstić information content (AvgIpc) is 2.74. The lowest BCUT2D eigenvalue weighted by molar-refractivity contribution is 0.0691. The van der Waals surface area contributed by atoms with E-state index in [-0.39, 0.29) is 17.1 Å². The van der Waals surface area contributed by atoms with Gasteiger partial charge in [0.2, 0.25) is 0 Å². The minimum absolute atomic E-state index is 0.00261. The van der Waals surface area contributed by atoms with E-state index in [1.165, 1.54) is 12.5 Å². The number of urea groups is 1. The zero-order valence-electron chi connectivity index (χ0n) is 11.4. The van der Waals surface area contributed by atoms with Gasteiger partial charge >= 0.3 is 12.0 Å². The van der Waals surface area contributed by atoms with E-state index >= 15 is 0 Å². The summed E-state index contributed by atoms with van der Waals surface area (Å²) in [6.45, 7) is 7.58. The molecule has 1 aromatic rings. The molecular weight excluding hydrogens is 248 g/mol. The third-order valence-corrected chi connectivity index (χ3v) is 2.29. The van der Waals surface area contributed by atoms with Crippen LogP contribution in [-0.2, 0) is 6.54 Å². The largest absolute Gasteiger partial charge is 0.476 e. The van der Waals surface area contributed by atoms with Gasteiger partial charge < -0.3 is 20.3 Å². The Morgan fingerprint density at radius 1 is 1.37 bits per heavy atom. The summed E-state index contributed by atoms with van der Waals surface area (Å²) in [5.41, 5.74) is 0.0372. The molecule has 1 heterocycles. The molecule has 0 saturated carbocycles. The highest BCUT2D eigenvalue weighted by Crippen LogP contribution is 2.09. The number of aromatic nitrogens is 2. The number of nitrogens with zero attached hydrogens (tertiary/aromatic N) is 2. The normalized spacial score (nSPS) is 11.1. The van der Waals surface area contributed by atoms with Gasteiger partial charge in [-0.15, -0.1) is 0 Å². The Morgan fingerprint density at radius 3 is 2.58 bits per heavy atom. The molecule has 0 atom stereocenters. The van der Waals surface area contributed by atoms with Crippen molar-refractivity contribution in [1.82, 2.24) is 20.2 Å². The topological polar surface area (TPSA) is 96.3 Å². The van der Waals surface area contributed by atoms with E-state index in [1.807, 2.05) is 20.8 Å². The zero-order chi connectivity index (χ0) is 14.5. The second-order valence-electron chi connectivity index (χ2n) is 5.47. The van der Waals surface area contributed by atoms with Gasteiger partial charge in [-0.2, -0.15) is 0 Å². The molecule has 2 amide bonds. The molecule has 0 spiro atoms. The fraction of sp³-hybridized carbons (Fsp3) is 0.583. The Balaban J connectivity index is 2.26. The summed E-state index contributed by atoms with van der Waals surface area (Å²) in [4.78, 5) is 25.8. The second kappa shape index (κ2) is 6.21. The number of nitrogens with one attached hydrogen (secondary N) is 2. The van der Waals surface area contributed by atoms with E-state index in [1.54, 1.807) is 4.57 Å². The molecule has 0 aliphatic carbocycles. The zero-order valence-corrected chi connectivity index (χ0v) is 11.4. The number of carboxylic acids is 1. The minimum atomic E-state index is -1.06. The van der Waals surface area contributed by atoms with Crippen molar-refractivity contribution in [3.8, 4) is 0 Å². The average molecular weight is 268 g/mol. The molecule has 0 unspecified atom stereocenters. The standard InChI is InChI=1S/C12H20N4O3/c1-12(2,3)7-14-11(19)13-4-5-16-6-9(10(17)18)15-8-16/h6,8H,4-5,7H2,1-3H3,(H,17,18)(H2,13,14,19). The van der Waals surface area contributed by atoms with Gasteiger partial charge in [-0.3, -0.25) is 0 Å². The van der Waals surface area contributed by atoms with Crippen LogP contribution in [-0.4, -0.2) is 39.7 Å². The maximum atomic E-state index is 11.5. The van der Waals surface area contributed by atoms with E-state index in [4.69, 9.17) is 5.11 Å². The van der Waals surface area contributed by atoms with Crippen molar-refractivity contribution in [2.75, 3.05) is 13.1 Å². The molecule has 0 aliphatic rings. The predicted octanol–water partition coefficient (Wildman–Crippen LogP) is 0.927. The van der Waals surface area contributed by atoms with Crippen LogP contribution in [0.15, 0.2) is 12.5 Å². The lowest BCUT2D eigenvalue weighted by Crippen LogP contribution is -2.40. The van der Waals surface area contributed by atoms with Gasteiger partial charge in [-0.25, -0.2) is 14.6 Å². The Kier molecular flexibility index (Phi) is 4.91. The minimum Gasteiger partial charge on any atom is -0.476 e. The first kappa shape index (κ1) is 15.0. The van der Waals surface area contributed by atoms with Crippen LogP contribution in [0.5, 0.6) is 0 Å². The molecule has 3 N–H and O–H groups in total. The molecular formula is C12H20N4O3. The van der Waals surface area contributed by atoms with Crippen LogP contribution >= 0.6 is 0 Å². The van der Waals surface area contributed by atoms with Crippen LogP contribution in [0.1, 0.15) is 31.3 Å². The molecule has 0 fully saturated rings. The van der Waals surface area contributed by atoms with Crippen molar-refractivity contribution in [2.24, 2.45) is 5.41 Å². The molecule has 106 valence electrons. The fourth-order valence-corrected chi connectivity index (χ4v) is 1.30. The van der Waals surface area contributed by atoms with Crippen molar-refractivity contribution < 1.29 is 14.7 Å². The van der Waals surface area contributed by atoms with E-state index in [9.17, 15) is 9.59 Å². The summed E-state index contributed by atoms with van der Waals surface area (Å²) >= 11 is 0. The maximum absolute atomic E-state index is 11.5. The number of hydrogen-bond donors (Lipinski definition) is 3.